The highest BCUT2D eigenvalue weighted by Gasteiger charge is 2.05. The number of rotatable bonds is 8. The predicted molar refractivity (Wildman–Crippen MR) is 95.2 cm³/mol. The fourth-order valence-corrected chi connectivity index (χ4v) is 2.69. The van der Waals surface area contributed by atoms with Crippen LogP contribution in [0.1, 0.15) is 10.4 Å². The van der Waals surface area contributed by atoms with Crippen LogP contribution in [0.25, 0.3) is 0 Å². The summed E-state index contributed by atoms with van der Waals surface area (Å²) in [7, 11) is 0. The number of hydrogen-bond acceptors (Lipinski definition) is 4. The summed E-state index contributed by atoms with van der Waals surface area (Å²) >= 11 is 1.72. The van der Waals surface area contributed by atoms with Gasteiger partial charge in [-0.05, 0) is 42.5 Å². The van der Waals surface area contributed by atoms with Gasteiger partial charge in [0.25, 0.3) is 0 Å². The van der Waals surface area contributed by atoms with Gasteiger partial charge in [0.1, 0.15) is 18.5 Å². The third kappa shape index (κ3) is 6.71. The van der Waals surface area contributed by atoms with E-state index in [2.05, 4.69) is 21.8 Å². The Morgan fingerprint density at radius 2 is 2.26 bits per heavy atom. The third-order valence-corrected chi connectivity index (χ3v) is 4.10. The third-order valence-electron chi connectivity index (χ3n) is 3.16. The Hall–Kier alpha value is -2.05. The number of guanidine groups is 1. The molecule has 0 amide bonds. The molecule has 0 saturated heterocycles. The Morgan fingerprint density at radius 1 is 1.39 bits per heavy atom. The molecule has 0 aliphatic carbocycles. The molecule has 1 unspecified atom stereocenters. The number of nitrogens with one attached hydrogen (secondary N) is 1. The molecule has 5 nitrogen and oxygen atoms in total. The maximum Gasteiger partial charge on any atom is 0.188 e. The Kier molecular flexibility index (Phi) is 6.90. The lowest BCUT2D eigenvalue weighted by atomic mass is 10.2. The van der Waals surface area contributed by atoms with Crippen molar-refractivity contribution in [2.24, 2.45) is 10.7 Å². The zero-order valence-electron chi connectivity index (χ0n) is 13.2. The highest BCUT2D eigenvalue weighted by Crippen LogP contribution is 2.12. The van der Waals surface area contributed by atoms with Crippen LogP contribution in [-0.2, 0) is 6.42 Å². The van der Waals surface area contributed by atoms with Crippen molar-refractivity contribution in [3.8, 4) is 5.75 Å². The van der Waals surface area contributed by atoms with E-state index in [1.165, 1.54) is 4.88 Å². The summed E-state index contributed by atoms with van der Waals surface area (Å²) < 4.78 is 5.53. The lowest BCUT2D eigenvalue weighted by Gasteiger charge is -2.11. The SMILES string of the molecule is Cc1cccc(OCC(O)CN=C(N)NCCc2cccs2)c1. The molecular weight excluding hydrogens is 310 g/mol. The quantitative estimate of drug-likeness (QED) is 0.509. The van der Waals surface area contributed by atoms with E-state index in [-0.39, 0.29) is 13.2 Å². The minimum Gasteiger partial charge on any atom is -0.491 e. The molecule has 0 aliphatic heterocycles. The maximum atomic E-state index is 9.89. The molecule has 1 atom stereocenters. The molecule has 1 aromatic heterocycles. The van der Waals surface area contributed by atoms with E-state index in [1.54, 1.807) is 11.3 Å². The van der Waals surface area contributed by atoms with Gasteiger partial charge in [-0.3, -0.25) is 4.99 Å². The van der Waals surface area contributed by atoms with Gasteiger partial charge in [-0.15, -0.1) is 11.3 Å². The molecule has 0 aliphatic rings. The maximum absolute atomic E-state index is 9.89. The van der Waals surface area contributed by atoms with Crippen LogP contribution in [0.5, 0.6) is 5.75 Å². The number of aliphatic imine (C=N–C) groups is 1. The summed E-state index contributed by atoms with van der Waals surface area (Å²) in [5.41, 5.74) is 6.90. The van der Waals surface area contributed by atoms with Gasteiger partial charge in [-0.25, -0.2) is 0 Å². The first kappa shape index (κ1) is 17.3. The monoisotopic (exact) mass is 333 g/mol. The highest BCUT2D eigenvalue weighted by atomic mass is 32.1. The van der Waals surface area contributed by atoms with Crippen LogP contribution in [0, 0.1) is 6.92 Å². The number of nitrogens with zero attached hydrogens (tertiary/aromatic N) is 1. The summed E-state index contributed by atoms with van der Waals surface area (Å²) in [4.78, 5) is 5.43. The number of nitrogens with two attached hydrogens (primary N) is 1. The van der Waals surface area contributed by atoms with Crippen molar-refractivity contribution < 1.29 is 9.84 Å². The van der Waals surface area contributed by atoms with E-state index in [0.29, 0.717) is 5.96 Å². The lowest BCUT2D eigenvalue weighted by molar-refractivity contribution is 0.114. The second-order valence-corrected chi connectivity index (χ2v) is 6.30. The van der Waals surface area contributed by atoms with E-state index in [0.717, 1.165) is 24.3 Å². The number of ether oxygens (including phenoxy) is 1. The first-order valence-electron chi connectivity index (χ1n) is 7.57. The number of aryl methyl sites for hydroxylation is 1. The molecule has 0 spiro atoms. The zero-order chi connectivity index (χ0) is 16.5. The molecule has 0 saturated carbocycles. The first-order valence-corrected chi connectivity index (χ1v) is 8.45. The van der Waals surface area contributed by atoms with Crippen molar-refractivity contribution in [3.63, 3.8) is 0 Å². The summed E-state index contributed by atoms with van der Waals surface area (Å²) in [6.45, 7) is 3.13. The number of aliphatic hydroxyl groups is 1. The molecule has 2 rings (SSSR count). The Balaban J connectivity index is 1.64. The van der Waals surface area contributed by atoms with Gasteiger partial charge in [0.2, 0.25) is 0 Å². The van der Waals surface area contributed by atoms with E-state index in [4.69, 9.17) is 10.5 Å². The predicted octanol–water partition coefficient (Wildman–Crippen LogP) is 1.94. The van der Waals surface area contributed by atoms with Crippen LogP contribution in [0.4, 0.5) is 0 Å². The van der Waals surface area contributed by atoms with Gasteiger partial charge in [-0.1, -0.05) is 18.2 Å². The molecule has 23 heavy (non-hydrogen) atoms. The summed E-state index contributed by atoms with van der Waals surface area (Å²) in [6, 6.07) is 11.8. The molecule has 1 aromatic carbocycles. The smallest absolute Gasteiger partial charge is 0.188 e. The van der Waals surface area contributed by atoms with Gasteiger partial charge >= 0.3 is 0 Å². The highest BCUT2D eigenvalue weighted by molar-refractivity contribution is 7.09. The topological polar surface area (TPSA) is 79.9 Å². The first-order chi connectivity index (χ1) is 11.1. The summed E-state index contributed by atoms with van der Waals surface area (Å²) in [6.07, 6.45) is 0.223. The van der Waals surface area contributed by atoms with Crippen molar-refractivity contribution in [1.82, 2.24) is 5.32 Å². The molecule has 2 aromatic rings. The second-order valence-electron chi connectivity index (χ2n) is 5.26. The lowest BCUT2D eigenvalue weighted by Crippen LogP contribution is -2.34. The number of hydrogen-bond donors (Lipinski definition) is 3. The normalized spacial score (nSPS) is 12.9. The van der Waals surface area contributed by atoms with Gasteiger partial charge in [0.15, 0.2) is 5.96 Å². The van der Waals surface area contributed by atoms with Gasteiger partial charge in [-0.2, -0.15) is 0 Å². The molecule has 4 N–H and O–H groups in total. The minimum absolute atomic E-state index is 0.190. The molecule has 124 valence electrons. The van der Waals surface area contributed by atoms with Crippen LogP contribution in [0.2, 0.25) is 0 Å². The van der Waals surface area contributed by atoms with Crippen LogP contribution >= 0.6 is 11.3 Å². The molecular formula is C17H23N3O2S. The second kappa shape index (κ2) is 9.17. The largest absolute Gasteiger partial charge is 0.491 e. The van der Waals surface area contributed by atoms with Crippen LogP contribution in [0.3, 0.4) is 0 Å². The van der Waals surface area contributed by atoms with Gasteiger partial charge < -0.3 is 20.9 Å². The molecule has 1 heterocycles. The van der Waals surface area contributed by atoms with E-state index < -0.39 is 6.10 Å². The Morgan fingerprint density at radius 3 is 3.00 bits per heavy atom. The molecule has 0 radical (unpaired) electrons. The summed E-state index contributed by atoms with van der Waals surface area (Å²) in [5.74, 6) is 1.09. The van der Waals surface area contributed by atoms with Crippen molar-refractivity contribution in [2.75, 3.05) is 19.7 Å². The Labute approximate surface area is 140 Å². The van der Waals surface area contributed by atoms with E-state index in [1.807, 2.05) is 37.3 Å². The van der Waals surface area contributed by atoms with Crippen LogP contribution in [0.15, 0.2) is 46.8 Å². The number of thiophene rings is 1. The average molecular weight is 333 g/mol. The minimum atomic E-state index is -0.687. The molecule has 6 heteroatoms. The zero-order valence-corrected chi connectivity index (χ0v) is 14.1. The van der Waals surface area contributed by atoms with Gasteiger partial charge in [0, 0.05) is 11.4 Å². The molecule has 0 bridgehead atoms. The fourth-order valence-electron chi connectivity index (χ4n) is 1.98. The van der Waals surface area contributed by atoms with E-state index >= 15 is 0 Å². The number of benzene rings is 1. The number of aliphatic hydroxyl groups excluding tert-OH is 1. The molecule has 0 fully saturated rings. The van der Waals surface area contributed by atoms with E-state index in [9.17, 15) is 5.11 Å². The Bertz CT molecular complexity index is 614. The fraction of sp³-hybridized carbons (Fsp3) is 0.353. The van der Waals surface area contributed by atoms with Crippen molar-refractivity contribution in [3.05, 3.63) is 52.2 Å². The van der Waals surface area contributed by atoms with Crippen molar-refractivity contribution in [1.29, 1.82) is 0 Å². The standard InChI is InChI=1S/C17H23N3O2S/c1-13-4-2-5-15(10-13)22-12-14(21)11-20-17(18)19-8-7-16-6-3-9-23-16/h2-6,9-10,14,21H,7-8,11-12H2,1H3,(H3,18,19,20). The summed E-state index contributed by atoms with van der Waals surface area (Å²) in [5, 5.41) is 15.0. The average Bonchev–Trinajstić information content (AvgIpc) is 3.04. The van der Waals surface area contributed by atoms with Crippen molar-refractivity contribution in [2.45, 2.75) is 19.4 Å². The van der Waals surface area contributed by atoms with Crippen LogP contribution in [-0.4, -0.2) is 36.9 Å². The van der Waals surface area contributed by atoms with Crippen molar-refractivity contribution >= 4 is 17.3 Å². The van der Waals surface area contributed by atoms with Gasteiger partial charge in [0.05, 0.1) is 6.54 Å². The van der Waals surface area contributed by atoms with Crippen LogP contribution < -0.4 is 15.8 Å².